The second kappa shape index (κ2) is 9.09. The fourth-order valence-electron chi connectivity index (χ4n) is 7.75. The minimum atomic E-state index is 0.922. The van der Waals surface area contributed by atoms with Gasteiger partial charge in [-0.05, 0) is 69.8 Å². The normalized spacial score (nSPS) is 12.3. The predicted molar refractivity (Wildman–Crippen MR) is 195 cm³/mol. The van der Waals surface area contributed by atoms with Crippen LogP contribution in [0.3, 0.4) is 0 Å². The van der Waals surface area contributed by atoms with Crippen LogP contribution in [-0.4, -0.2) is 14.0 Å². The second-order valence-corrected chi connectivity index (χ2v) is 12.4. The molecule has 47 heavy (non-hydrogen) atoms. The van der Waals surface area contributed by atoms with E-state index in [2.05, 4.69) is 149 Å². The van der Waals surface area contributed by atoms with Gasteiger partial charge in [0.05, 0.1) is 22.1 Å². The molecule has 4 heteroatoms. The molecule has 11 aromatic rings. The molecule has 11 rings (SSSR count). The van der Waals surface area contributed by atoms with Crippen molar-refractivity contribution in [3.05, 3.63) is 152 Å². The van der Waals surface area contributed by atoms with Crippen molar-refractivity contribution in [2.75, 3.05) is 0 Å². The van der Waals surface area contributed by atoms with Crippen molar-refractivity contribution < 1.29 is 4.42 Å². The van der Waals surface area contributed by atoms with Crippen LogP contribution in [0.2, 0.25) is 0 Å². The second-order valence-electron chi connectivity index (χ2n) is 12.4. The Hall–Kier alpha value is -6.39. The summed E-state index contributed by atoms with van der Waals surface area (Å²) in [4.78, 5) is 5.01. The molecule has 0 saturated carbocycles. The third kappa shape index (κ3) is 3.44. The van der Waals surface area contributed by atoms with Crippen LogP contribution < -0.4 is 0 Å². The first-order valence-electron chi connectivity index (χ1n) is 16.0. The minimum Gasteiger partial charge on any atom is -0.456 e. The Morgan fingerprint density at radius 2 is 1.30 bits per heavy atom. The van der Waals surface area contributed by atoms with Gasteiger partial charge < -0.3 is 8.98 Å². The van der Waals surface area contributed by atoms with Crippen LogP contribution in [0.5, 0.6) is 0 Å². The summed E-state index contributed by atoms with van der Waals surface area (Å²) in [5, 5.41) is 9.62. The first-order chi connectivity index (χ1) is 23.3. The van der Waals surface area contributed by atoms with Gasteiger partial charge in [0.2, 0.25) is 0 Å². The van der Waals surface area contributed by atoms with Crippen molar-refractivity contribution in [3.63, 3.8) is 0 Å². The zero-order valence-electron chi connectivity index (χ0n) is 25.2. The summed E-state index contributed by atoms with van der Waals surface area (Å²) in [5.41, 5.74) is 10.7. The fraction of sp³-hybridized carbons (Fsp3) is 0. The highest BCUT2D eigenvalue weighted by atomic mass is 16.3. The number of rotatable bonds is 2. The highest BCUT2D eigenvalue weighted by molar-refractivity contribution is 6.20. The van der Waals surface area contributed by atoms with Crippen LogP contribution in [0, 0.1) is 0 Å². The molecule has 0 N–H and O–H groups in total. The van der Waals surface area contributed by atoms with E-state index in [1.807, 2.05) is 12.1 Å². The number of imidazole rings is 1. The summed E-state index contributed by atoms with van der Waals surface area (Å²) in [6.07, 6.45) is 2.26. The van der Waals surface area contributed by atoms with E-state index >= 15 is 0 Å². The summed E-state index contributed by atoms with van der Waals surface area (Å²) in [7, 11) is 0. The quantitative estimate of drug-likeness (QED) is 0.198. The SMILES string of the molecule is c1cc(-c2ccc3c(ccc4oc5ccccc5c43)c2)cc(-n2c3cc4nc5ccccc5n4cc3c3ccc4ccccc4c32)c1. The summed E-state index contributed by atoms with van der Waals surface area (Å²) in [6.45, 7) is 0. The summed E-state index contributed by atoms with van der Waals surface area (Å²) in [5.74, 6) is 0. The molecular weight excluding hydrogens is 574 g/mol. The lowest BCUT2D eigenvalue weighted by molar-refractivity contribution is 0.669. The summed E-state index contributed by atoms with van der Waals surface area (Å²) < 4.78 is 10.8. The lowest BCUT2D eigenvalue weighted by Crippen LogP contribution is -1.96. The Balaban J connectivity index is 1.17. The molecule has 4 aromatic heterocycles. The minimum absolute atomic E-state index is 0.922. The number of fused-ring (bicyclic) bond motifs is 13. The number of aromatic nitrogens is 3. The van der Waals surface area contributed by atoms with Gasteiger partial charge in [-0.25, -0.2) is 4.98 Å². The summed E-state index contributed by atoms with van der Waals surface area (Å²) >= 11 is 0. The Morgan fingerprint density at radius 3 is 2.28 bits per heavy atom. The van der Waals surface area contributed by atoms with Crippen molar-refractivity contribution >= 4 is 82.0 Å². The Labute approximate surface area is 268 Å². The van der Waals surface area contributed by atoms with Crippen LogP contribution >= 0.6 is 0 Å². The van der Waals surface area contributed by atoms with E-state index in [-0.39, 0.29) is 0 Å². The molecule has 0 saturated heterocycles. The van der Waals surface area contributed by atoms with Crippen LogP contribution in [0.4, 0.5) is 0 Å². The molecule has 0 aliphatic heterocycles. The number of nitrogens with zero attached hydrogens (tertiary/aromatic N) is 3. The molecule has 0 amide bonds. The van der Waals surface area contributed by atoms with E-state index in [1.54, 1.807) is 0 Å². The molecule has 0 spiro atoms. The molecule has 7 aromatic carbocycles. The van der Waals surface area contributed by atoms with Gasteiger partial charge in [0.25, 0.3) is 0 Å². The zero-order valence-corrected chi connectivity index (χ0v) is 25.2. The lowest BCUT2D eigenvalue weighted by Gasteiger charge is -2.12. The Bertz CT molecular complexity index is 3080. The molecule has 0 bridgehead atoms. The number of para-hydroxylation sites is 3. The standard InChI is InChI=1S/C43H25N3O/c1-2-11-32-26(8-1)16-20-33-35-25-45-37-14-5-4-13-36(37)44-41(45)24-38(35)46(43(32)33)30-10-7-9-27(23-30)28-17-19-31-29(22-28)18-21-40-42(31)34-12-3-6-15-39(34)47-40/h1-25H. The third-order valence-electron chi connectivity index (χ3n) is 9.87. The molecular formula is C43H25N3O. The molecule has 4 heterocycles. The molecule has 0 unspecified atom stereocenters. The van der Waals surface area contributed by atoms with Crippen molar-refractivity contribution in [3.8, 4) is 16.8 Å². The maximum Gasteiger partial charge on any atom is 0.140 e. The third-order valence-corrected chi connectivity index (χ3v) is 9.87. The molecule has 0 aliphatic carbocycles. The van der Waals surface area contributed by atoms with Gasteiger partial charge in [-0.3, -0.25) is 4.40 Å². The van der Waals surface area contributed by atoms with Crippen LogP contribution in [-0.2, 0) is 0 Å². The Morgan fingerprint density at radius 1 is 0.489 bits per heavy atom. The van der Waals surface area contributed by atoms with Gasteiger partial charge in [-0.2, -0.15) is 0 Å². The van der Waals surface area contributed by atoms with Crippen LogP contribution in [0.15, 0.2) is 156 Å². The molecule has 0 radical (unpaired) electrons. The zero-order chi connectivity index (χ0) is 30.6. The first-order valence-corrected chi connectivity index (χ1v) is 16.0. The van der Waals surface area contributed by atoms with Crippen molar-refractivity contribution in [1.82, 2.24) is 14.0 Å². The van der Waals surface area contributed by atoms with E-state index in [9.17, 15) is 0 Å². The largest absolute Gasteiger partial charge is 0.456 e. The van der Waals surface area contributed by atoms with Crippen LogP contribution in [0.25, 0.3) is 98.8 Å². The van der Waals surface area contributed by atoms with Crippen molar-refractivity contribution in [1.29, 1.82) is 0 Å². The summed E-state index contributed by atoms with van der Waals surface area (Å²) in [6, 6.07) is 52.1. The number of benzene rings is 7. The number of hydrogen-bond donors (Lipinski definition) is 0. The molecule has 0 atom stereocenters. The molecule has 218 valence electrons. The topological polar surface area (TPSA) is 35.4 Å². The van der Waals surface area contributed by atoms with Gasteiger partial charge in [0, 0.05) is 44.9 Å². The monoisotopic (exact) mass is 599 g/mol. The average Bonchev–Trinajstić information content (AvgIpc) is 3.79. The number of furan rings is 1. The molecule has 4 nitrogen and oxygen atoms in total. The average molecular weight is 600 g/mol. The maximum atomic E-state index is 6.17. The smallest absolute Gasteiger partial charge is 0.140 e. The molecule has 0 aliphatic rings. The van der Waals surface area contributed by atoms with Gasteiger partial charge in [-0.15, -0.1) is 0 Å². The number of pyridine rings is 1. The van der Waals surface area contributed by atoms with E-state index in [4.69, 9.17) is 9.40 Å². The molecule has 0 fully saturated rings. The predicted octanol–water partition coefficient (Wildman–Crippen LogP) is 11.5. The van der Waals surface area contributed by atoms with Crippen LogP contribution in [0.1, 0.15) is 0 Å². The van der Waals surface area contributed by atoms with E-state index in [0.29, 0.717) is 0 Å². The lowest BCUT2D eigenvalue weighted by atomic mass is 9.98. The van der Waals surface area contributed by atoms with E-state index in [1.165, 1.54) is 54.3 Å². The van der Waals surface area contributed by atoms with E-state index in [0.717, 1.165) is 44.4 Å². The van der Waals surface area contributed by atoms with Gasteiger partial charge in [-0.1, -0.05) is 97.1 Å². The highest BCUT2D eigenvalue weighted by Crippen LogP contribution is 2.40. The Kier molecular flexibility index (Phi) is 4.81. The number of hydrogen-bond acceptors (Lipinski definition) is 2. The highest BCUT2D eigenvalue weighted by Gasteiger charge is 2.18. The fourth-order valence-corrected chi connectivity index (χ4v) is 7.75. The van der Waals surface area contributed by atoms with Gasteiger partial charge >= 0.3 is 0 Å². The van der Waals surface area contributed by atoms with E-state index < -0.39 is 0 Å². The maximum absolute atomic E-state index is 6.17. The van der Waals surface area contributed by atoms with Crippen molar-refractivity contribution in [2.45, 2.75) is 0 Å². The first kappa shape index (κ1) is 24.9. The van der Waals surface area contributed by atoms with Gasteiger partial charge in [0.1, 0.15) is 16.8 Å². The van der Waals surface area contributed by atoms with Gasteiger partial charge in [0.15, 0.2) is 0 Å². The van der Waals surface area contributed by atoms with Crippen molar-refractivity contribution in [2.24, 2.45) is 0 Å².